The first-order chi connectivity index (χ1) is 5.80. The Morgan fingerprint density at radius 3 is 2.31 bits per heavy atom. The Balaban J connectivity index is 4.95. The van der Waals surface area contributed by atoms with E-state index in [1.165, 1.54) is 0 Å². The molecule has 0 aromatic carbocycles. The van der Waals surface area contributed by atoms with Gasteiger partial charge in [0.1, 0.15) is 11.1 Å². The molecule has 6 heteroatoms. The molecule has 0 rings (SSSR count). The highest BCUT2D eigenvalue weighted by Crippen LogP contribution is 2.12. The summed E-state index contributed by atoms with van der Waals surface area (Å²) in [7, 11) is -4.29. The number of allylic oxidation sites excluding steroid dienone is 2. The summed E-state index contributed by atoms with van der Waals surface area (Å²) in [6, 6.07) is 0. The first-order valence-corrected chi connectivity index (χ1v) is 5.24. The Morgan fingerprint density at radius 1 is 1.62 bits per heavy atom. The van der Waals surface area contributed by atoms with E-state index in [1.54, 1.807) is 26.0 Å². The molecule has 2 atom stereocenters. The standard InChI is InChI=1S/C7H14N2O3S/c1-3-4-5(2)6(7(8)9)13(10,11)12/h3-6H,1-2H3,(H3,8,9)(H,10,11,12). The van der Waals surface area contributed by atoms with Gasteiger partial charge in [-0.1, -0.05) is 19.1 Å². The van der Waals surface area contributed by atoms with Gasteiger partial charge in [-0.25, -0.2) is 0 Å². The molecular weight excluding hydrogens is 192 g/mol. The van der Waals surface area contributed by atoms with Crippen molar-refractivity contribution < 1.29 is 13.0 Å². The molecular formula is C7H14N2O3S. The smallest absolute Gasteiger partial charge is 0.275 e. The summed E-state index contributed by atoms with van der Waals surface area (Å²) in [6.07, 6.45) is 3.21. The fraction of sp³-hybridized carbons (Fsp3) is 0.571. The monoisotopic (exact) mass is 206 g/mol. The van der Waals surface area contributed by atoms with Gasteiger partial charge in [-0.2, -0.15) is 8.42 Å². The van der Waals surface area contributed by atoms with Crippen LogP contribution in [-0.4, -0.2) is 24.1 Å². The van der Waals surface area contributed by atoms with Crippen LogP contribution >= 0.6 is 0 Å². The Labute approximate surface area is 77.9 Å². The molecule has 0 aromatic heterocycles. The molecule has 4 N–H and O–H groups in total. The molecule has 0 fully saturated rings. The van der Waals surface area contributed by atoms with Gasteiger partial charge in [0.15, 0.2) is 0 Å². The normalized spacial score (nSPS) is 17.2. The predicted octanol–water partition coefficient (Wildman–Crippen LogP) is 0.391. The van der Waals surface area contributed by atoms with E-state index in [0.717, 1.165) is 0 Å². The Hall–Kier alpha value is -0.880. The second kappa shape index (κ2) is 4.38. The van der Waals surface area contributed by atoms with Gasteiger partial charge >= 0.3 is 0 Å². The third-order valence-electron chi connectivity index (χ3n) is 1.60. The summed E-state index contributed by atoms with van der Waals surface area (Å²) in [5.74, 6) is -1.05. The van der Waals surface area contributed by atoms with Gasteiger partial charge in [-0.15, -0.1) is 0 Å². The van der Waals surface area contributed by atoms with E-state index < -0.39 is 27.1 Å². The van der Waals surface area contributed by atoms with Gasteiger partial charge in [0.2, 0.25) is 0 Å². The Kier molecular flexibility index (Phi) is 4.09. The van der Waals surface area contributed by atoms with E-state index in [1.807, 2.05) is 0 Å². The van der Waals surface area contributed by atoms with Crippen LogP contribution in [0.2, 0.25) is 0 Å². The summed E-state index contributed by atoms with van der Waals surface area (Å²) in [6.45, 7) is 3.29. The summed E-state index contributed by atoms with van der Waals surface area (Å²) >= 11 is 0. The maximum absolute atomic E-state index is 10.8. The largest absolute Gasteiger partial charge is 0.386 e. The second-order valence-corrected chi connectivity index (χ2v) is 4.31. The van der Waals surface area contributed by atoms with Crippen molar-refractivity contribution in [3.05, 3.63) is 12.2 Å². The van der Waals surface area contributed by atoms with Gasteiger partial charge in [-0.05, 0) is 6.92 Å². The quantitative estimate of drug-likeness (QED) is 0.268. The highest BCUT2D eigenvalue weighted by Gasteiger charge is 2.30. The molecule has 2 unspecified atom stereocenters. The van der Waals surface area contributed by atoms with Crippen molar-refractivity contribution in [1.29, 1.82) is 5.41 Å². The van der Waals surface area contributed by atoms with Crippen LogP contribution in [0.1, 0.15) is 13.8 Å². The fourth-order valence-corrected chi connectivity index (χ4v) is 2.07. The zero-order valence-corrected chi connectivity index (χ0v) is 8.38. The lowest BCUT2D eigenvalue weighted by Gasteiger charge is -2.16. The van der Waals surface area contributed by atoms with Crippen LogP contribution in [0, 0.1) is 11.3 Å². The predicted molar refractivity (Wildman–Crippen MR) is 51.2 cm³/mol. The van der Waals surface area contributed by atoms with Gasteiger partial charge in [-0.3, -0.25) is 9.96 Å². The number of nitrogens with two attached hydrogens (primary N) is 1. The van der Waals surface area contributed by atoms with Gasteiger partial charge in [0, 0.05) is 5.92 Å². The van der Waals surface area contributed by atoms with E-state index in [9.17, 15) is 8.42 Å². The first kappa shape index (κ1) is 12.1. The van der Waals surface area contributed by atoms with Gasteiger partial charge in [0.25, 0.3) is 10.1 Å². The molecule has 0 spiro atoms. The molecule has 0 radical (unpaired) electrons. The van der Waals surface area contributed by atoms with Crippen molar-refractivity contribution >= 4 is 16.0 Å². The molecule has 0 aliphatic carbocycles. The minimum atomic E-state index is -4.29. The van der Waals surface area contributed by atoms with Crippen LogP contribution in [0.15, 0.2) is 12.2 Å². The van der Waals surface area contributed by atoms with E-state index in [2.05, 4.69) is 0 Å². The number of rotatable bonds is 4. The minimum Gasteiger partial charge on any atom is -0.386 e. The van der Waals surface area contributed by atoms with Crippen molar-refractivity contribution in [3.8, 4) is 0 Å². The highest BCUT2D eigenvalue weighted by molar-refractivity contribution is 7.87. The Bertz CT molecular complexity index is 308. The van der Waals surface area contributed by atoms with Crippen LogP contribution in [-0.2, 0) is 10.1 Å². The van der Waals surface area contributed by atoms with Crippen molar-refractivity contribution in [2.24, 2.45) is 11.7 Å². The third-order valence-corrected chi connectivity index (χ3v) is 2.93. The highest BCUT2D eigenvalue weighted by atomic mass is 32.2. The molecule has 0 saturated carbocycles. The van der Waals surface area contributed by atoms with E-state index in [0.29, 0.717) is 0 Å². The topological polar surface area (TPSA) is 104 Å². The van der Waals surface area contributed by atoms with E-state index in [-0.39, 0.29) is 0 Å². The second-order valence-electron chi connectivity index (χ2n) is 2.78. The molecule has 76 valence electrons. The van der Waals surface area contributed by atoms with Crippen molar-refractivity contribution in [2.75, 3.05) is 0 Å². The van der Waals surface area contributed by atoms with Crippen LogP contribution < -0.4 is 5.73 Å². The maximum Gasteiger partial charge on any atom is 0.275 e. The summed E-state index contributed by atoms with van der Waals surface area (Å²) in [5.41, 5.74) is 5.06. The minimum absolute atomic E-state index is 0.502. The number of hydrogen-bond acceptors (Lipinski definition) is 3. The number of hydrogen-bond donors (Lipinski definition) is 3. The molecule has 0 saturated heterocycles. The summed E-state index contributed by atoms with van der Waals surface area (Å²) < 4.78 is 30.3. The molecule has 0 amide bonds. The van der Waals surface area contributed by atoms with E-state index >= 15 is 0 Å². The first-order valence-electron chi connectivity index (χ1n) is 3.73. The van der Waals surface area contributed by atoms with Crippen LogP contribution in [0.5, 0.6) is 0 Å². The number of nitrogens with one attached hydrogen (secondary N) is 1. The zero-order chi connectivity index (χ0) is 10.6. The lowest BCUT2D eigenvalue weighted by Crippen LogP contribution is -2.39. The van der Waals surface area contributed by atoms with Crippen molar-refractivity contribution in [1.82, 2.24) is 0 Å². The van der Waals surface area contributed by atoms with E-state index in [4.69, 9.17) is 15.7 Å². The van der Waals surface area contributed by atoms with Crippen molar-refractivity contribution in [2.45, 2.75) is 19.1 Å². The summed E-state index contributed by atoms with van der Waals surface area (Å²) in [5, 5.41) is 5.68. The summed E-state index contributed by atoms with van der Waals surface area (Å²) in [4.78, 5) is 0. The zero-order valence-electron chi connectivity index (χ0n) is 7.56. The fourth-order valence-electron chi connectivity index (χ4n) is 1.12. The van der Waals surface area contributed by atoms with Gasteiger partial charge in [0.05, 0.1) is 0 Å². The number of amidine groups is 1. The average Bonchev–Trinajstić information content (AvgIpc) is 1.82. The molecule has 13 heavy (non-hydrogen) atoms. The molecule has 0 aliphatic rings. The maximum atomic E-state index is 10.8. The molecule has 0 bridgehead atoms. The molecule has 0 aromatic rings. The van der Waals surface area contributed by atoms with Crippen LogP contribution in [0.25, 0.3) is 0 Å². The third kappa shape index (κ3) is 3.56. The lowest BCUT2D eigenvalue weighted by atomic mass is 10.1. The SMILES string of the molecule is CC=CC(C)C(C(=N)N)S(=O)(=O)O. The molecule has 0 heterocycles. The van der Waals surface area contributed by atoms with Crippen LogP contribution in [0.4, 0.5) is 0 Å². The molecule has 0 aliphatic heterocycles. The van der Waals surface area contributed by atoms with Crippen LogP contribution in [0.3, 0.4) is 0 Å². The molecule has 5 nitrogen and oxygen atoms in total. The average molecular weight is 206 g/mol. The lowest BCUT2D eigenvalue weighted by molar-refractivity contribution is 0.468. The Morgan fingerprint density at radius 2 is 2.08 bits per heavy atom. The van der Waals surface area contributed by atoms with Gasteiger partial charge < -0.3 is 5.73 Å². The van der Waals surface area contributed by atoms with Crippen molar-refractivity contribution in [3.63, 3.8) is 0 Å².